The zero-order valence-corrected chi connectivity index (χ0v) is 13.4. The highest BCUT2D eigenvalue weighted by Crippen LogP contribution is 2.20. The number of ether oxygens (including phenoxy) is 1. The lowest BCUT2D eigenvalue weighted by molar-refractivity contribution is 0.302. The first-order valence-corrected chi connectivity index (χ1v) is 7.69. The van der Waals surface area contributed by atoms with E-state index < -0.39 is 0 Å². The van der Waals surface area contributed by atoms with E-state index in [4.69, 9.17) is 16.3 Å². The molecule has 3 heteroatoms. The normalized spacial score (nSPS) is 10.9. The van der Waals surface area contributed by atoms with Gasteiger partial charge in [0.2, 0.25) is 0 Å². The molecular weight excluding hydrogens is 282 g/mol. The Hall–Kier alpha value is -1.51. The molecule has 2 rings (SSSR count). The summed E-state index contributed by atoms with van der Waals surface area (Å²) in [5.74, 6) is 1.58. The Labute approximate surface area is 132 Å². The Bertz CT molecular complexity index is 551. The summed E-state index contributed by atoms with van der Waals surface area (Å²) in [6.07, 6.45) is 0. The van der Waals surface area contributed by atoms with Crippen LogP contribution >= 0.6 is 11.6 Å². The Balaban J connectivity index is 1.94. The van der Waals surface area contributed by atoms with Crippen molar-refractivity contribution in [1.82, 2.24) is 5.32 Å². The highest BCUT2D eigenvalue weighted by Gasteiger charge is 2.04. The van der Waals surface area contributed by atoms with Crippen LogP contribution in [0.5, 0.6) is 5.75 Å². The van der Waals surface area contributed by atoms with Crippen molar-refractivity contribution in [3.05, 3.63) is 64.7 Å². The van der Waals surface area contributed by atoms with Crippen molar-refractivity contribution in [3.8, 4) is 5.75 Å². The van der Waals surface area contributed by atoms with Crippen molar-refractivity contribution in [2.45, 2.75) is 27.0 Å². The van der Waals surface area contributed by atoms with Gasteiger partial charge in [0.15, 0.2) is 0 Å². The molecule has 0 aliphatic heterocycles. The van der Waals surface area contributed by atoms with Crippen molar-refractivity contribution in [1.29, 1.82) is 0 Å². The molecule has 21 heavy (non-hydrogen) atoms. The number of hydrogen-bond acceptors (Lipinski definition) is 2. The van der Waals surface area contributed by atoms with Crippen molar-refractivity contribution in [2.75, 3.05) is 6.54 Å². The summed E-state index contributed by atoms with van der Waals surface area (Å²) in [6, 6.07) is 15.9. The average molecular weight is 304 g/mol. The van der Waals surface area contributed by atoms with Crippen LogP contribution < -0.4 is 10.1 Å². The largest absolute Gasteiger partial charge is 0.489 e. The number of hydrogen-bond donors (Lipinski definition) is 1. The van der Waals surface area contributed by atoms with Crippen LogP contribution in [0, 0.1) is 5.92 Å². The molecule has 1 N–H and O–H groups in total. The van der Waals surface area contributed by atoms with E-state index in [0.29, 0.717) is 12.5 Å². The van der Waals surface area contributed by atoms with Gasteiger partial charge in [-0.15, -0.1) is 0 Å². The SMILES string of the molecule is CC(C)CNCc1ccccc1OCc1ccc(Cl)cc1. The van der Waals surface area contributed by atoms with Crippen LogP contribution in [-0.2, 0) is 13.2 Å². The minimum Gasteiger partial charge on any atom is -0.489 e. The van der Waals surface area contributed by atoms with Crippen LogP contribution in [0.1, 0.15) is 25.0 Å². The molecule has 2 nitrogen and oxygen atoms in total. The van der Waals surface area contributed by atoms with Gasteiger partial charge in [-0.2, -0.15) is 0 Å². The van der Waals surface area contributed by atoms with Gasteiger partial charge in [-0.05, 0) is 36.2 Å². The van der Waals surface area contributed by atoms with Gasteiger partial charge in [0.25, 0.3) is 0 Å². The number of benzene rings is 2. The summed E-state index contributed by atoms with van der Waals surface area (Å²) in [5, 5.41) is 4.20. The van der Waals surface area contributed by atoms with Crippen molar-refractivity contribution < 1.29 is 4.74 Å². The zero-order chi connectivity index (χ0) is 15.1. The first-order chi connectivity index (χ1) is 10.1. The molecule has 0 aromatic heterocycles. The van der Waals surface area contributed by atoms with Gasteiger partial charge < -0.3 is 10.1 Å². The summed E-state index contributed by atoms with van der Waals surface area (Å²) in [4.78, 5) is 0. The predicted molar refractivity (Wildman–Crippen MR) is 88.8 cm³/mol. The maximum absolute atomic E-state index is 5.94. The fourth-order valence-electron chi connectivity index (χ4n) is 2.03. The molecule has 0 spiro atoms. The van der Waals surface area contributed by atoms with Gasteiger partial charge in [0.1, 0.15) is 12.4 Å². The third-order valence-electron chi connectivity index (χ3n) is 3.15. The standard InChI is InChI=1S/C18H22ClNO/c1-14(2)11-20-12-16-5-3-4-6-18(16)21-13-15-7-9-17(19)10-8-15/h3-10,14,20H,11-13H2,1-2H3. The second-order valence-corrected chi connectivity index (χ2v) is 5.98. The molecule has 112 valence electrons. The van der Waals surface area contributed by atoms with Gasteiger partial charge in [0.05, 0.1) is 0 Å². The zero-order valence-electron chi connectivity index (χ0n) is 12.6. The molecule has 2 aromatic carbocycles. The van der Waals surface area contributed by atoms with Crippen LogP contribution in [0.25, 0.3) is 0 Å². The fourth-order valence-corrected chi connectivity index (χ4v) is 2.15. The summed E-state index contributed by atoms with van der Waals surface area (Å²) in [7, 11) is 0. The van der Waals surface area contributed by atoms with Crippen LogP contribution in [0.2, 0.25) is 5.02 Å². The van der Waals surface area contributed by atoms with E-state index in [9.17, 15) is 0 Å². The Kier molecular flexibility index (Phi) is 6.09. The maximum Gasteiger partial charge on any atom is 0.124 e. The molecule has 2 aromatic rings. The van der Waals surface area contributed by atoms with E-state index in [-0.39, 0.29) is 0 Å². The molecule has 0 saturated carbocycles. The maximum atomic E-state index is 5.94. The van der Waals surface area contributed by atoms with Crippen LogP contribution in [-0.4, -0.2) is 6.54 Å². The van der Waals surface area contributed by atoms with Gasteiger partial charge >= 0.3 is 0 Å². The Morgan fingerprint density at radius 2 is 1.76 bits per heavy atom. The minimum absolute atomic E-state index is 0.554. The quantitative estimate of drug-likeness (QED) is 0.803. The highest BCUT2D eigenvalue weighted by molar-refractivity contribution is 6.30. The third-order valence-corrected chi connectivity index (χ3v) is 3.40. The first kappa shape index (κ1) is 15.9. The summed E-state index contributed by atoms with van der Waals surface area (Å²) < 4.78 is 5.94. The van der Waals surface area contributed by atoms with Crippen LogP contribution in [0.15, 0.2) is 48.5 Å². The molecule has 0 saturated heterocycles. The van der Waals surface area contributed by atoms with Crippen molar-refractivity contribution >= 4 is 11.6 Å². The summed E-state index contributed by atoms with van der Waals surface area (Å²) in [6.45, 7) is 6.80. The molecule has 0 bridgehead atoms. The molecule has 0 amide bonds. The van der Waals surface area contributed by atoms with Crippen LogP contribution in [0.4, 0.5) is 0 Å². The Morgan fingerprint density at radius 3 is 2.48 bits per heavy atom. The van der Waals surface area contributed by atoms with E-state index in [1.165, 1.54) is 5.56 Å². The van der Waals surface area contributed by atoms with Gasteiger partial charge in [-0.25, -0.2) is 0 Å². The predicted octanol–water partition coefficient (Wildman–Crippen LogP) is 4.66. The van der Waals surface area contributed by atoms with Gasteiger partial charge in [0, 0.05) is 17.1 Å². The van der Waals surface area contributed by atoms with Gasteiger partial charge in [-0.1, -0.05) is 55.8 Å². The number of halogens is 1. The molecule has 0 aliphatic rings. The molecule has 0 unspecified atom stereocenters. The minimum atomic E-state index is 0.554. The third kappa shape index (κ3) is 5.41. The monoisotopic (exact) mass is 303 g/mol. The second kappa shape index (κ2) is 8.06. The summed E-state index contributed by atoms with van der Waals surface area (Å²) in [5.41, 5.74) is 2.30. The lowest BCUT2D eigenvalue weighted by Gasteiger charge is -2.13. The molecule has 0 atom stereocenters. The van der Waals surface area contributed by atoms with E-state index in [1.807, 2.05) is 42.5 Å². The van der Waals surface area contributed by atoms with Crippen LogP contribution in [0.3, 0.4) is 0 Å². The second-order valence-electron chi connectivity index (χ2n) is 5.55. The first-order valence-electron chi connectivity index (χ1n) is 7.31. The van der Waals surface area contributed by atoms with Crippen molar-refractivity contribution in [2.24, 2.45) is 5.92 Å². The average Bonchev–Trinajstić information content (AvgIpc) is 2.47. The highest BCUT2D eigenvalue weighted by atomic mass is 35.5. The van der Waals surface area contributed by atoms with E-state index >= 15 is 0 Å². The smallest absolute Gasteiger partial charge is 0.124 e. The molecule has 0 aliphatic carbocycles. The molecule has 0 radical (unpaired) electrons. The molecular formula is C18H22ClNO. The number of nitrogens with one attached hydrogen (secondary N) is 1. The number of rotatable bonds is 7. The van der Waals surface area contributed by atoms with E-state index in [2.05, 4.69) is 25.2 Å². The van der Waals surface area contributed by atoms with Crippen molar-refractivity contribution in [3.63, 3.8) is 0 Å². The van der Waals surface area contributed by atoms with E-state index in [0.717, 1.165) is 29.4 Å². The fraction of sp³-hybridized carbons (Fsp3) is 0.333. The lowest BCUT2D eigenvalue weighted by atomic mass is 10.1. The lowest BCUT2D eigenvalue weighted by Crippen LogP contribution is -2.19. The van der Waals surface area contributed by atoms with Gasteiger partial charge in [-0.3, -0.25) is 0 Å². The number of para-hydroxylation sites is 1. The van der Waals surface area contributed by atoms with E-state index in [1.54, 1.807) is 0 Å². The molecule has 0 heterocycles. The Morgan fingerprint density at radius 1 is 1.05 bits per heavy atom. The molecule has 0 fully saturated rings. The summed E-state index contributed by atoms with van der Waals surface area (Å²) >= 11 is 5.89. The topological polar surface area (TPSA) is 21.3 Å².